The number of hydrogen-bond acceptors (Lipinski definition) is 6. The molecule has 1 aliphatic rings. The average Bonchev–Trinajstić information content (AvgIpc) is 2.43. The summed E-state index contributed by atoms with van der Waals surface area (Å²) in [6.45, 7) is -0.548. The molecule has 0 aliphatic heterocycles. The summed E-state index contributed by atoms with van der Waals surface area (Å²) in [5.74, 6) is -0.575. The quantitative estimate of drug-likeness (QED) is 0.349. The van der Waals surface area contributed by atoms with E-state index in [2.05, 4.69) is 5.32 Å². The Hall–Kier alpha value is -1.64. The number of aliphatic carboxylic acids is 1. The minimum Gasteiger partial charge on any atom is -0.489 e. The smallest absolute Gasteiger partial charge is 0.369 e. The largest absolute Gasteiger partial charge is 0.489 e. The molecule has 1 aliphatic carbocycles. The van der Waals surface area contributed by atoms with Crippen LogP contribution in [0.15, 0.2) is 11.5 Å². The first kappa shape index (κ1) is 17.4. The zero-order chi connectivity index (χ0) is 16.0. The molecule has 0 saturated carbocycles. The highest BCUT2D eigenvalue weighted by Gasteiger charge is 2.41. The van der Waals surface area contributed by atoms with Crippen molar-refractivity contribution < 1.29 is 34.5 Å². The van der Waals surface area contributed by atoms with E-state index in [1.54, 1.807) is 7.05 Å². The molecular formula is C13H23N2O6+. The summed E-state index contributed by atoms with van der Waals surface area (Å²) in [7, 11) is 3.03. The number of carboxylic acids is 1. The molecule has 120 valence electrons. The number of aliphatic hydroxyl groups is 3. The molecule has 1 atom stereocenters. The number of nitrogens with one attached hydrogen (secondary N) is 1. The second kappa shape index (κ2) is 7.39. The summed E-state index contributed by atoms with van der Waals surface area (Å²) in [5.41, 5.74) is -0.369. The van der Waals surface area contributed by atoms with Gasteiger partial charge in [0.25, 0.3) is 0 Å². The standard InChI is InChI=1S/C13H22N2O6/c1-15(7-11(18)19)10-6-13(20,8-17)5-9(12(10)21-2)14-3-4-16/h16-17,20H,3-8H2,1-2H3,(H,18,19)/p+1. The summed E-state index contributed by atoms with van der Waals surface area (Å²) >= 11 is 0. The Labute approximate surface area is 123 Å². The highest BCUT2D eigenvalue weighted by molar-refractivity contribution is 5.97. The number of hydrogen-bond donors (Lipinski definition) is 5. The summed E-state index contributed by atoms with van der Waals surface area (Å²) < 4.78 is 6.78. The highest BCUT2D eigenvalue weighted by atomic mass is 16.5. The normalized spacial score (nSPS) is 24.8. The molecule has 0 radical (unpaired) electrons. The lowest BCUT2D eigenvalue weighted by atomic mass is 9.85. The Bertz CT molecular complexity index is 460. The molecule has 8 heteroatoms. The van der Waals surface area contributed by atoms with Gasteiger partial charge in [-0.25, -0.2) is 9.37 Å². The van der Waals surface area contributed by atoms with E-state index >= 15 is 0 Å². The van der Waals surface area contributed by atoms with Crippen molar-refractivity contribution in [3.8, 4) is 0 Å². The van der Waals surface area contributed by atoms with Gasteiger partial charge in [-0.2, -0.15) is 0 Å². The molecule has 0 amide bonds. The van der Waals surface area contributed by atoms with Crippen molar-refractivity contribution in [1.29, 1.82) is 0 Å². The molecule has 0 aromatic carbocycles. The second-order valence-corrected chi connectivity index (χ2v) is 5.09. The summed E-state index contributed by atoms with van der Waals surface area (Å²) in [6.07, 6.45) is 0.220. The number of allylic oxidation sites excluding steroid dienone is 1. The lowest BCUT2D eigenvalue weighted by molar-refractivity contribution is -0.489. The van der Waals surface area contributed by atoms with Crippen molar-refractivity contribution in [2.24, 2.45) is 0 Å². The van der Waals surface area contributed by atoms with Crippen LogP contribution in [0.1, 0.15) is 12.8 Å². The van der Waals surface area contributed by atoms with Crippen LogP contribution >= 0.6 is 0 Å². The SMILES string of the molecule is COC1=C(NCCO)CC(O)(CO)CC1=[N+](C)CC(=O)O. The fraction of sp³-hybridized carbons (Fsp3) is 0.692. The molecule has 0 fully saturated rings. The van der Waals surface area contributed by atoms with Gasteiger partial charge < -0.3 is 30.5 Å². The number of carbonyl (C=O) groups is 1. The Kier molecular flexibility index (Phi) is 6.13. The first-order valence-electron chi connectivity index (χ1n) is 6.61. The van der Waals surface area contributed by atoms with Gasteiger partial charge in [0.05, 0.1) is 32.4 Å². The molecule has 8 nitrogen and oxygen atoms in total. The topological polar surface area (TPSA) is 122 Å². The van der Waals surface area contributed by atoms with E-state index in [-0.39, 0.29) is 32.5 Å². The predicted molar refractivity (Wildman–Crippen MR) is 74.1 cm³/mol. The molecule has 1 rings (SSSR count). The first-order chi connectivity index (χ1) is 9.86. The van der Waals surface area contributed by atoms with Gasteiger partial charge in [-0.1, -0.05) is 0 Å². The average molecular weight is 303 g/mol. The number of carboxylic acid groups (broad SMARTS) is 1. The molecule has 0 aromatic heterocycles. The van der Waals surface area contributed by atoms with E-state index in [4.69, 9.17) is 14.9 Å². The van der Waals surface area contributed by atoms with Crippen LogP contribution in [0.3, 0.4) is 0 Å². The highest BCUT2D eigenvalue weighted by Crippen LogP contribution is 2.30. The first-order valence-corrected chi connectivity index (χ1v) is 6.61. The Balaban J connectivity index is 3.26. The zero-order valence-corrected chi connectivity index (χ0v) is 12.3. The zero-order valence-electron chi connectivity index (χ0n) is 12.3. The van der Waals surface area contributed by atoms with E-state index in [1.165, 1.54) is 11.7 Å². The Morgan fingerprint density at radius 3 is 2.57 bits per heavy atom. The van der Waals surface area contributed by atoms with Gasteiger partial charge in [0.2, 0.25) is 18.0 Å². The molecular weight excluding hydrogens is 280 g/mol. The van der Waals surface area contributed by atoms with Crippen LogP contribution < -0.4 is 5.32 Å². The van der Waals surface area contributed by atoms with Gasteiger partial charge in [-0.15, -0.1) is 0 Å². The number of methoxy groups -OCH3 is 1. The molecule has 0 heterocycles. The van der Waals surface area contributed by atoms with Crippen molar-refractivity contribution in [1.82, 2.24) is 5.32 Å². The monoisotopic (exact) mass is 303 g/mol. The van der Waals surface area contributed by atoms with Gasteiger partial charge in [0.1, 0.15) is 12.6 Å². The summed E-state index contributed by atoms with van der Waals surface area (Å²) in [5, 5.41) is 40.5. The molecule has 5 N–H and O–H groups in total. The third kappa shape index (κ3) is 4.42. The molecule has 0 saturated heterocycles. The lowest BCUT2D eigenvalue weighted by Gasteiger charge is -2.32. The third-order valence-corrected chi connectivity index (χ3v) is 3.32. The van der Waals surface area contributed by atoms with Crippen LogP contribution in [-0.4, -0.2) is 82.7 Å². The fourth-order valence-corrected chi connectivity index (χ4v) is 2.35. The van der Waals surface area contributed by atoms with E-state index < -0.39 is 18.2 Å². The van der Waals surface area contributed by atoms with Crippen LogP contribution in [0.2, 0.25) is 0 Å². The molecule has 1 unspecified atom stereocenters. The maximum Gasteiger partial charge on any atom is 0.369 e. The molecule has 21 heavy (non-hydrogen) atoms. The van der Waals surface area contributed by atoms with E-state index in [0.29, 0.717) is 17.2 Å². The fourth-order valence-electron chi connectivity index (χ4n) is 2.35. The van der Waals surface area contributed by atoms with E-state index in [0.717, 1.165) is 0 Å². The maximum atomic E-state index is 10.9. The summed E-state index contributed by atoms with van der Waals surface area (Å²) in [6, 6.07) is 0. The predicted octanol–water partition coefficient (Wildman–Crippen LogP) is -1.89. The van der Waals surface area contributed by atoms with Gasteiger partial charge in [0.15, 0.2) is 0 Å². The third-order valence-electron chi connectivity index (χ3n) is 3.32. The van der Waals surface area contributed by atoms with Crippen molar-refractivity contribution in [3.05, 3.63) is 11.5 Å². The van der Waals surface area contributed by atoms with Gasteiger partial charge >= 0.3 is 5.97 Å². The minimum atomic E-state index is -1.39. The Morgan fingerprint density at radius 1 is 1.43 bits per heavy atom. The van der Waals surface area contributed by atoms with Gasteiger partial charge in [-0.3, -0.25) is 0 Å². The molecule has 0 bridgehead atoms. The van der Waals surface area contributed by atoms with Crippen LogP contribution in [0.4, 0.5) is 0 Å². The summed E-state index contributed by atoms with van der Waals surface area (Å²) in [4.78, 5) is 10.9. The van der Waals surface area contributed by atoms with Crippen molar-refractivity contribution >= 4 is 11.7 Å². The number of likely N-dealkylation sites (N-methyl/N-ethyl adjacent to an activating group) is 1. The number of nitrogens with zero attached hydrogens (tertiary/aromatic N) is 1. The van der Waals surface area contributed by atoms with Crippen LogP contribution in [-0.2, 0) is 9.53 Å². The van der Waals surface area contributed by atoms with Gasteiger partial charge in [-0.05, 0) is 0 Å². The Morgan fingerprint density at radius 2 is 2.10 bits per heavy atom. The maximum absolute atomic E-state index is 10.9. The van der Waals surface area contributed by atoms with Crippen LogP contribution in [0.5, 0.6) is 0 Å². The van der Waals surface area contributed by atoms with E-state index in [9.17, 15) is 15.0 Å². The molecule has 0 aromatic rings. The number of ether oxygens (including phenoxy) is 1. The van der Waals surface area contributed by atoms with Crippen molar-refractivity contribution in [2.45, 2.75) is 18.4 Å². The number of aliphatic hydroxyl groups excluding tert-OH is 2. The van der Waals surface area contributed by atoms with Crippen LogP contribution in [0.25, 0.3) is 0 Å². The van der Waals surface area contributed by atoms with Crippen LogP contribution in [0, 0.1) is 0 Å². The van der Waals surface area contributed by atoms with Crippen molar-refractivity contribution in [3.63, 3.8) is 0 Å². The lowest BCUT2D eigenvalue weighted by Crippen LogP contribution is -2.46. The minimum absolute atomic E-state index is 0.0841. The molecule has 0 spiro atoms. The van der Waals surface area contributed by atoms with Gasteiger partial charge in [0, 0.05) is 13.0 Å². The number of rotatable bonds is 7. The second-order valence-electron chi connectivity index (χ2n) is 5.09. The van der Waals surface area contributed by atoms with E-state index in [1.807, 2.05) is 0 Å². The van der Waals surface area contributed by atoms with Crippen molar-refractivity contribution in [2.75, 3.05) is 40.5 Å².